The van der Waals surface area contributed by atoms with Crippen LogP contribution in [0.2, 0.25) is 0 Å². The molecule has 0 saturated heterocycles. The lowest BCUT2D eigenvalue weighted by atomic mass is 10.1. The van der Waals surface area contributed by atoms with Crippen molar-refractivity contribution in [3.8, 4) is 11.4 Å². The van der Waals surface area contributed by atoms with Gasteiger partial charge in [-0.3, -0.25) is 0 Å². The van der Waals surface area contributed by atoms with E-state index in [9.17, 15) is 0 Å². The quantitative estimate of drug-likeness (QED) is 0.745. The van der Waals surface area contributed by atoms with Gasteiger partial charge in [-0.1, -0.05) is 42.5 Å². The van der Waals surface area contributed by atoms with E-state index in [2.05, 4.69) is 34.6 Å². The van der Waals surface area contributed by atoms with E-state index >= 15 is 0 Å². The lowest BCUT2D eigenvalue weighted by Crippen LogP contribution is -2.12. The summed E-state index contributed by atoms with van der Waals surface area (Å²) in [6, 6.07) is 18.1. The van der Waals surface area contributed by atoms with E-state index in [1.54, 1.807) is 0 Å². The molecule has 0 amide bonds. The predicted octanol–water partition coefficient (Wildman–Crippen LogP) is 2.73. The molecule has 0 saturated carbocycles. The molecular formula is C16H17N5. The number of aromatic nitrogens is 4. The molecule has 1 heterocycles. The maximum atomic E-state index is 6.02. The number of nitrogens with zero attached hydrogens (tertiary/aromatic N) is 4. The summed E-state index contributed by atoms with van der Waals surface area (Å²) in [5.74, 6) is 0.705. The lowest BCUT2D eigenvalue weighted by Gasteiger charge is -2.14. The van der Waals surface area contributed by atoms with Crippen molar-refractivity contribution in [3.63, 3.8) is 0 Å². The molecule has 3 aromatic rings. The molecule has 2 N–H and O–H groups in total. The Labute approximate surface area is 123 Å². The summed E-state index contributed by atoms with van der Waals surface area (Å²) < 4.78 is 1.83. The molecule has 0 spiro atoms. The molecule has 21 heavy (non-hydrogen) atoms. The van der Waals surface area contributed by atoms with Crippen LogP contribution in [0.15, 0.2) is 54.6 Å². The molecule has 0 bridgehead atoms. The normalized spacial score (nSPS) is 12.2. The number of benzene rings is 2. The van der Waals surface area contributed by atoms with Crippen molar-refractivity contribution in [1.29, 1.82) is 0 Å². The number of anilines is 1. The Kier molecular flexibility index (Phi) is 3.64. The van der Waals surface area contributed by atoms with Gasteiger partial charge in [-0.25, -0.2) is 4.68 Å². The molecule has 5 heteroatoms. The summed E-state index contributed by atoms with van der Waals surface area (Å²) in [4.78, 5) is 0. The summed E-state index contributed by atoms with van der Waals surface area (Å²) >= 11 is 0. The van der Waals surface area contributed by atoms with E-state index < -0.39 is 0 Å². The first-order valence-electron chi connectivity index (χ1n) is 6.92. The first kappa shape index (κ1) is 13.3. The van der Waals surface area contributed by atoms with Crippen molar-refractivity contribution < 1.29 is 0 Å². The molecule has 2 aromatic carbocycles. The maximum Gasteiger partial charge on any atom is 0.184 e. The topological polar surface area (TPSA) is 69.6 Å². The zero-order valence-corrected chi connectivity index (χ0v) is 11.8. The van der Waals surface area contributed by atoms with Crippen LogP contribution in [-0.2, 0) is 6.42 Å². The Balaban J connectivity index is 1.91. The van der Waals surface area contributed by atoms with E-state index in [0.29, 0.717) is 11.5 Å². The zero-order valence-electron chi connectivity index (χ0n) is 11.8. The Morgan fingerprint density at radius 1 is 1.05 bits per heavy atom. The van der Waals surface area contributed by atoms with Crippen LogP contribution in [-0.4, -0.2) is 20.2 Å². The third kappa shape index (κ3) is 2.76. The highest BCUT2D eigenvalue weighted by Gasteiger charge is 2.16. The van der Waals surface area contributed by atoms with Gasteiger partial charge in [-0.2, -0.15) is 0 Å². The van der Waals surface area contributed by atoms with Crippen molar-refractivity contribution in [1.82, 2.24) is 20.2 Å². The fourth-order valence-electron chi connectivity index (χ4n) is 2.41. The molecule has 0 aliphatic carbocycles. The van der Waals surface area contributed by atoms with Gasteiger partial charge in [-0.15, -0.1) is 5.10 Å². The van der Waals surface area contributed by atoms with Gasteiger partial charge in [0, 0.05) is 11.3 Å². The van der Waals surface area contributed by atoms with E-state index in [-0.39, 0.29) is 6.04 Å². The van der Waals surface area contributed by atoms with Crippen LogP contribution in [0.4, 0.5) is 5.69 Å². The number of nitrogens with two attached hydrogens (primary N) is 1. The van der Waals surface area contributed by atoms with Gasteiger partial charge >= 0.3 is 0 Å². The van der Waals surface area contributed by atoms with Crippen molar-refractivity contribution in [2.75, 3.05) is 5.73 Å². The average molecular weight is 279 g/mol. The van der Waals surface area contributed by atoms with Crippen LogP contribution in [0.1, 0.15) is 18.5 Å². The van der Waals surface area contributed by atoms with Crippen molar-refractivity contribution in [2.24, 2.45) is 0 Å². The van der Waals surface area contributed by atoms with Crippen molar-refractivity contribution in [2.45, 2.75) is 19.4 Å². The number of hydrogen-bond acceptors (Lipinski definition) is 4. The fraction of sp³-hybridized carbons (Fsp3) is 0.188. The number of tetrazole rings is 1. The fourth-order valence-corrected chi connectivity index (χ4v) is 2.41. The van der Waals surface area contributed by atoms with Gasteiger partial charge in [0.05, 0.1) is 6.04 Å². The van der Waals surface area contributed by atoms with Gasteiger partial charge in [0.25, 0.3) is 0 Å². The monoisotopic (exact) mass is 279 g/mol. The molecule has 5 nitrogen and oxygen atoms in total. The smallest absolute Gasteiger partial charge is 0.184 e. The van der Waals surface area contributed by atoms with Gasteiger partial charge in [0.1, 0.15) is 0 Å². The molecule has 1 unspecified atom stereocenters. The predicted molar refractivity (Wildman–Crippen MR) is 82.5 cm³/mol. The van der Waals surface area contributed by atoms with Gasteiger partial charge in [-0.05, 0) is 41.5 Å². The Bertz CT molecular complexity index is 720. The molecular weight excluding hydrogens is 262 g/mol. The van der Waals surface area contributed by atoms with Crippen LogP contribution < -0.4 is 5.73 Å². The molecule has 1 aromatic heterocycles. The minimum Gasteiger partial charge on any atom is -0.398 e. The Morgan fingerprint density at radius 2 is 1.76 bits per heavy atom. The van der Waals surface area contributed by atoms with Gasteiger partial charge < -0.3 is 5.73 Å². The summed E-state index contributed by atoms with van der Waals surface area (Å²) in [6.07, 6.45) is 0.867. The second-order valence-electron chi connectivity index (χ2n) is 5.07. The molecule has 0 radical (unpaired) electrons. The second kappa shape index (κ2) is 5.75. The van der Waals surface area contributed by atoms with E-state index in [0.717, 1.165) is 12.0 Å². The van der Waals surface area contributed by atoms with E-state index in [1.165, 1.54) is 5.56 Å². The van der Waals surface area contributed by atoms with Crippen LogP contribution in [0, 0.1) is 0 Å². The van der Waals surface area contributed by atoms with Crippen molar-refractivity contribution >= 4 is 5.69 Å². The van der Waals surface area contributed by atoms with E-state index in [1.807, 2.05) is 47.1 Å². The summed E-state index contributed by atoms with van der Waals surface area (Å²) in [5, 5.41) is 12.1. The Hall–Kier alpha value is -2.69. The first-order chi connectivity index (χ1) is 10.3. The highest BCUT2D eigenvalue weighted by Crippen LogP contribution is 2.25. The number of nitrogen functional groups attached to an aromatic ring is 1. The minimum absolute atomic E-state index is 0.150. The third-order valence-corrected chi connectivity index (χ3v) is 3.49. The average Bonchev–Trinajstić information content (AvgIpc) is 2.98. The lowest BCUT2D eigenvalue weighted by molar-refractivity contribution is 0.479. The van der Waals surface area contributed by atoms with Gasteiger partial charge in [0.2, 0.25) is 0 Å². The summed E-state index contributed by atoms with van der Waals surface area (Å²) in [6.45, 7) is 2.10. The molecule has 0 fully saturated rings. The maximum absolute atomic E-state index is 6.02. The van der Waals surface area contributed by atoms with Crippen molar-refractivity contribution in [3.05, 3.63) is 60.2 Å². The zero-order chi connectivity index (χ0) is 14.7. The highest BCUT2D eigenvalue weighted by molar-refractivity contribution is 5.71. The molecule has 0 aliphatic heterocycles. The second-order valence-corrected chi connectivity index (χ2v) is 5.07. The first-order valence-corrected chi connectivity index (χ1v) is 6.92. The Morgan fingerprint density at radius 3 is 2.52 bits per heavy atom. The van der Waals surface area contributed by atoms with Crippen LogP contribution in [0.3, 0.4) is 0 Å². The molecule has 0 aliphatic rings. The van der Waals surface area contributed by atoms with Crippen LogP contribution in [0.25, 0.3) is 11.4 Å². The minimum atomic E-state index is 0.150. The number of rotatable bonds is 4. The SMILES string of the molecule is CC(Cc1ccccc1)n1nnnc1-c1ccccc1N. The molecule has 3 rings (SSSR count). The molecule has 1 atom stereocenters. The summed E-state index contributed by atoms with van der Waals surface area (Å²) in [7, 11) is 0. The third-order valence-electron chi connectivity index (χ3n) is 3.49. The number of para-hydroxylation sites is 1. The molecule has 106 valence electrons. The largest absolute Gasteiger partial charge is 0.398 e. The van der Waals surface area contributed by atoms with Crippen LogP contribution >= 0.6 is 0 Å². The summed E-state index contributed by atoms with van der Waals surface area (Å²) in [5.41, 5.74) is 8.83. The highest BCUT2D eigenvalue weighted by atomic mass is 15.5. The van der Waals surface area contributed by atoms with Crippen LogP contribution in [0.5, 0.6) is 0 Å². The number of hydrogen-bond donors (Lipinski definition) is 1. The van der Waals surface area contributed by atoms with E-state index in [4.69, 9.17) is 5.73 Å². The standard InChI is InChI=1S/C16H17N5/c1-12(11-13-7-3-2-4-8-13)21-16(18-19-20-21)14-9-5-6-10-15(14)17/h2-10,12H,11,17H2,1H3. The van der Waals surface area contributed by atoms with Gasteiger partial charge in [0.15, 0.2) is 5.82 Å².